The highest BCUT2D eigenvalue weighted by Gasteiger charge is 2.19. The van der Waals surface area contributed by atoms with Gasteiger partial charge in [0.05, 0.1) is 7.11 Å². The molecule has 0 saturated heterocycles. The Kier molecular flexibility index (Phi) is 5.78. The summed E-state index contributed by atoms with van der Waals surface area (Å²) in [5.74, 6) is 0.676. The minimum atomic E-state index is 0.0434. The summed E-state index contributed by atoms with van der Waals surface area (Å²) in [6, 6.07) is 22.8. The van der Waals surface area contributed by atoms with Crippen LogP contribution in [0.4, 0.5) is 11.4 Å². The molecule has 0 amide bonds. The number of benzene rings is 3. The summed E-state index contributed by atoms with van der Waals surface area (Å²) >= 11 is 0. The zero-order valence-electron chi connectivity index (χ0n) is 17.2. The van der Waals surface area contributed by atoms with Gasteiger partial charge in [0.2, 0.25) is 0 Å². The van der Waals surface area contributed by atoms with Crippen molar-refractivity contribution in [3.63, 3.8) is 0 Å². The Balaban J connectivity index is 2.10. The van der Waals surface area contributed by atoms with Crippen LogP contribution in [-0.2, 0) is 0 Å². The smallest absolute Gasteiger partial charge is 0.160 e. The molecule has 0 aliphatic heterocycles. The molecular weight excluding hydrogens is 348 g/mol. The lowest BCUT2D eigenvalue weighted by Crippen LogP contribution is -2.10. The van der Waals surface area contributed by atoms with Gasteiger partial charge in [-0.05, 0) is 53.1 Å². The standard InChI is InChI=1S/C24H28N2O2/c1-25(2)20-11-6-17(7-12-20)24(18-8-13-21(14-9-18)26(3)4)19-10-15-22(27)23(16-19)28-5/h6-16,24,27H,1-5H3. The van der Waals surface area contributed by atoms with Gasteiger partial charge in [-0.3, -0.25) is 0 Å². The summed E-state index contributed by atoms with van der Waals surface area (Å²) in [5, 5.41) is 10.0. The zero-order chi connectivity index (χ0) is 20.3. The number of phenols is 1. The zero-order valence-corrected chi connectivity index (χ0v) is 17.2. The van der Waals surface area contributed by atoms with Crippen LogP contribution in [0.3, 0.4) is 0 Å². The minimum absolute atomic E-state index is 0.0434. The normalized spacial score (nSPS) is 10.8. The Bertz CT molecular complexity index is 865. The van der Waals surface area contributed by atoms with Crippen LogP contribution in [0.2, 0.25) is 0 Å². The molecule has 3 aromatic rings. The molecule has 0 aliphatic carbocycles. The molecular formula is C24H28N2O2. The molecule has 0 radical (unpaired) electrons. The van der Waals surface area contributed by atoms with Gasteiger partial charge in [0.25, 0.3) is 0 Å². The van der Waals surface area contributed by atoms with Crippen molar-refractivity contribution in [1.29, 1.82) is 0 Å². The average molecular weight is 377 g/mol. The van der Waals surface area contributed by atoms with Gasteiger partial charge in [0, 0.05) is 45.5 Å². The van der Waals surface area contributed by atoms with Crippen molar-refractivity contribution in [2.24, 2.45) is 0 Å². The van der Waals surface area contributed by atoms with Crippen molar-refractivity contribution < 1.29 is 9.84 Å². The van der Waals surface area contributed by atoms with Crippen LogP contribution in [0.15, 0.2) is 66.7 Å². The molecule has 0 saturated carbocycles. The van der Waals surface area contributed by atoms with Crippen LogP contribution in [0.1, 0.15) is 22.6 Å². The summed E-state index contributed by atoms with van der Waals surface area (Å²) < 4.78 is 5.35. The topological polar surface area (TPSA) is 35.9 Å². The average Bonchev–Trinajstić information content (AvgIpc) is 2.70. The highest BCUT2D eigenvalue weighted by Crippen LogP contribution is 2.37. The van der Waals surface area contributed by atoms with Crippen molar-refractivity contribution in [1.82, 2.24) is 0 Å². The van der Waals surface area contributed by atoms with E-state index in [4.69, 9.17) is 4.74 Å². The maximum atomic E-state index is 10.0. The van der Waals surface area contributed by atoms with E-state index in [1.54, 1.807) is 13.2 Å². The number of ether oxygens (including phenoxy) is 1. The molecule has 1 N–H and O–H groups in total. The number of anilines is 2. The lowest BCUT2D eigenvalue weighted by atomic mass is 9.85. The van der Waals surface area contributed by atoms with Gasteiger partial charge in [0.1, 0.15) is 0 Å². The molecule has 0 atom stereocenters. The van der Waals surface area contributed by atoms with E-state index in [0.29, 0.717) is 5.75 Å². The van der Waals surface area contributed by atoms with Gasteiger partial charge in [-0.2, -0.15) is 0 Å². The Morgan fingerprint density at radius 3 is 1.50 bits per heavy atom. The molecule has 146 valence electrons. The fourth-order valence-corrected chi connectivity index (χ4v) is 3.38. The van der Waals surface area contributed by atoms with E-state index in [9.17, 15) is 5.11 Å². The third-order valence-corrected chi connectivity index (χ3v) is 5.02. The predicted octanol–water partition coefficient (Wildman–Crippen LogP) is 4.71. The van der Waals surface area contributed by atoms with Gasteiger partial charge in [0.15, 0.2) is 11.5 Å². The van der Waals surface area contributed by atoms with Crippen molar-refractivity contribution in [3.8, 4) is 11.5 Å². The predicted molar refractivity (Wildman–Crippen MR) is 117 cm³/mol. The first-order valence-corrected chi connectivity index (χ1v) is 9.32. The third kappa shape index (κ3) is 4.06. The summed E-state index contributed by atoms with van der Waals surface area (Å²) in [6.07, 6.45) is 0. The first-order chi connectivity index (χ1) is 13.4. The van der Waals surface area contributed by atoms with Gasteiger partial charge in [-0.1, -0.05) is 30.3 Å². The van der Waals surface area contributed by atoms with Gasteiger partial charge >= 0.3 is 0 Å². The van der Waals surface area contributed by atoms with Crippen LogP contribution in [0.25, 0.3) is 0 Å². The highest BCUT2D eigenvalue weighted by atomic mass is 16.5. The number of aromatic hydroxyl groups is 1. The van der Waals surface area contributed by atoms with Gasteiger partial charge in [-0.15, -0.1) is 0 Å². The number of hydrogen-bond acceptors (Lipinski definition) is 4. The molecule has 3 rings (SSSR count). The molecule has 0 heterocycles. The molecule has 4 heteroatoms. The second kappa shape index (κ2) is 8.26. The monoisotopic (exact) mass is 376 g/mol. The Hall–Kier alpha value is -3.14. The van der Waals surface area contributed by atoms with Gasteiger partial charge < -0.3 is 19.6 Å². The first-order valence-electron chi connectivity index (χ1n) is 9.32. The lowest BCUT2D eigenvalue weighted by Gasteiger charge is -2.22. The first kappa shape index (κ1) is 19.6. The molecule has 4 nitrogen and oxygen atoms in total. The lowest BCUT2D eigenvalue weighted by molar-refractivity contribution is 0.373. The SMILES string of the molecule is COc1cc(C(c2ccc(N(C)C)cc2)c2ccc(N(C)C)cc2)ccc1O. The van der Waals surface area contributed by atoms with Crippen molar-refractivity contribution in [2.75, 3.05) is 45.1 Å². The van der Waals surface area contributed by atoms with E-state index in [-0.39, 0.29) is 11.7 Å². The van der Waals surface area contributed by atoms with Crippen LogP contribution in [0.5, 0.6) is 11.5 Å². The van der Waals surface area contributed by atoms with Gasteiger partial charge in [-0.25, -0.2) is 0 Å². The van der Waals surface area contributed by atoms with Crippen molar-refractivity contribution in [2.45, 2.75) is 5.92 Å². The number of phenolic OH excluding ortho intramolecular Hbond substituents is 1. The summed E-state index contributed by atoms with van der Waals surface area (Å²) in [7, 11) is 9.73. The Morgan fingerprint density at radius 1 is 0.679 bits per heavy atom. The minimum Gasteiger partial charge on any atom is -0.504 e. The highest BCUT2D eigenvalue weighted by molar-refractivity contribution is 5.55. The van der Waals surface area contributed by atoms with Crippen LogP contribution in [-0.4, -0.2) is 40.4 Å². The molecule has 0 spiro atoms. The summed E-state index contributed by atoms with van der Waals surface area (Å²) in [6.45, 7) is 0. The number of nitrogens with zero attached hydrogens (tertiary/aromatic N) is 2. The van der Waals surface area contributed by atoms with Crippen molar-refractivity contribution in [3.05, 3.63) is 83.4 Å². The molecule has 0 aliphatic rings. The number of hydrogen-bond donors (Lipinski definition) is 1. The van der Waals surface area contributed by atoms with E-state index < -0.39 is 0 Å². The third-order valence-electron chi connectivity index (χ3n) is 5.02. The van der Waals surface area contributed by atoms with Crippen LogP contribution >= 0.6 is 0 Å². The number of rotatable bonds is 6. The second-order valence-electron chi connectivity index (χ2n) is 7.34. The summed E-state index contributed by atoms with van der Waals surface area (Å²) in [4.78, 5) is 4.18. The molecule has 3 aromatic carbocycles. The maximum Gasteiger partial charge on any atom is 0.160 e. The Morgan fingerprint density at radius 2 is 1.11 bits per heavy atom. The van der Waals surface area contributed by atoms with E-state index >= 15 is 0 Å². The maximum absolute atomic E-state index is 10.0. The fourth-order valence-electron chi connectivity index (χ4n) is 3.38. The van der Waals surface area contributed by atoms with Crippen LogP contribution in [0, 0.1) is 0 Å². The molecule has 0 unspecified atom stereocenters. The molecule has 28 heavy (non-hydrogen) atoms. The quantitative estimate of drug-likeness (QED) is 0.632. The van der Waals surface area contributed by atoms with E-state index in [0.717, 1.165) is 16.9 Å². The molecule has 0 aromatic heterocycles. The largest absolute Gasteiger partial charge is 0.504 e. The number of methoxy groups -OCH3 is 1. The fraction of sp³-hybridized carbons (Fsp3) is 0.250. The van der Waals surface area contributed by atoms with E-state index in [1.165, 1.54) is 11.1 Å². The van der Waals surface area contributed by atoms with Crippen LogP contribution < -0.4 is 14.5 Å². The van der Waals surface area contributed by atoms with Crippen molar-refractivity contribution >= 4 is 11.4 Å². The Labute approximate surface area is 167 Å². The molecule has 0 bridgehead atoms. The van der Waals surface area contributed by atoms with E-state index in [2.05, 4.69) is 58.3 Å². The summed E-state index contributed by atoms with van der Waals surface area (Å²) in [5.41, 5.74) is 5.78. The molecule has 0 fully saturated rings. The van der Waals surface area contributed by atoms with E-state index in [1.807, 2.05) is 40.3 Å². The second-order valence-corrected chi connectivity index (χ2v) is 7.34.